The Kier molecular flexibility index (Phi) is 2.08. The highest BCUT2D eigenvalue weighted by atomic mass is 16.1. The largest absolute Gasteiger partial charge is 0.319 e. The second-order valence-corrected chi connectivity index (χ2v) is 4.15. The lowest BCUT2D eigenvalue weighted by Crippen LogP contribution is -2.33. The summed E-state index contributed by atoms with van der Waals surface area (Å²) >= 11 is 0. The maximum Gasteiger partial charge on any atom is 0.258 e. The van der Waals surface area contributed by atoms with Crippen LogP contribution in [-0.4, -0.2) is 9.97 Å². The zero-order valence-electron chi connectivity index (χ0n) is 8.74. The van der Waals surface area contributed by atoms with E-state index in [9.17, 15) is 4.79 Å². The fourth-order valence-corrected chi connectivity index (χ4v) is 1.39. The highest BCUT2D eigenvalue weighted by Gasteiger charge is 2.17. The van der Waals surface area contributed by atoms with Crippen molar-refractivity contribution in [2.75, 3.05) is 0 Å². The zero-order chi connectivity index (χ0) is 11.1. The van der Waals surface area contributed by atoms with E-state index in [-0.39, 0.29) is 5.56 Å². The first kappa shape index (κ1) is 9.86. The lowest BCUT2D eigenvalue weighted by Gasteiger charge is -2.17. The molecule has 2 rings (SSSR count). The molecule has 78 valence electrons. The first-order chi connectivity index (χ1) is 6.98. The lowest BCUT2D eigenvalue weighted by atomic mass is 10.1. The van der Waals surface area contributed by atoms with Crippen LogP contribution in [0.1, 0.15) is 19.7 Å². The molecule has 1 heterocycles. The van der Waals surface area contributed by atoms with Gasteiger partial charge in [-0.15, -0.1) is 0 Å². The summed E-state index contributed by atoms with van der Waals surface area (Å²) in [6, 6.07) is 7.21. The molecule has 3 N–H and O–H groups in total. The predicted octanol–water partition coefficient (Wildman–Crippen LogP) is 1.12. The van der Waals surface area contributed by atoms with E-state index in [0.717, 1.165) is 0 Å². The number of benzene rings is 1. The van der Waals surface area contributed by atoms with Gasteiger partial charge in [0.2, 0.25) is 0 Å². The average molecular weight is 203 g/mol. The number of nitrogens with two attached hydrogens (primary N) is 1. The van der Waals surface area contributed by atoms with Crippen LogP contribution in [0.2, 0.25) is 0 Å². The van der Waals surface area contributed by atoms with Crippen LogP contribution in [-0.2, 0) is 5.54 Å². The Labute approximate surface area is 87.1 Å². The Hall–Kier alpha value is -1.68. The van der Waals surface area contributed by atoms with Gasteiger partial charge in [-0.2, -0.15) is 0 Å². The van der Waals surface area contributed by atoms with Gasteiger partial charge >= 0.3 is 0 Å². The number of fused-ring (bicyclic) bond motifs is 1. The molecule has 0 bridgehead atoms. The minimum absolute atomic E-state index is 0.144. The fourth-order valence-electron chi connectivity index (χ4n) is 1.39. The van der Waals surface area contributed by atoms with Crippen LogP contribution in [0.5, 0.6) is 0 Å². The van der Waals surface area contributed by atoms with E-state index in [4.69, 9.17) is 5.73 Å². The summed E-state index contributed by atoms with van der Waals surface area (Å²) < 4.78 is 0. The molecule has 1 aromatic heterocycles. The minimum Gasteiger partial charge on any atom is -0.319 e. The molecule has 0 saturated carbocycles. The summed E-state index contributed by atoms with van der Waals surface area (Å²) in [6.45, 7) is 3.61. The number of para-hydroxylation sites is 1. The predicted molar refractivity (Wildman–Crippen MR) is 59.6 cm³/mol. The Balaban J connectivity index is 2.79. The minimum atomic E-state index is -0.636. The highest BCUT2D eigenvalue weighted by molar-refractivity contribution is 5.77. The molecule has 0 unspecified atom stereocenters. The molecule has 0 aliphatic rings. The first-order valence-electron chi connectivity index (χ1n) is 4.77. The van der Waals surface area contributed by atoms with E-state index < -0.39 is 5.54 Å². The van der Waals surface area contributed by atoms with Gasteiger partial charge in [-0.3, -0.25) is 4.79 Å². The molecule has 0 radical (unpaired) electrons. The van der Waals surface area contributed by atoms with Gasteiger partial charge in [0, 0.05) is 0 Å². The van der Waals surface area contributed by atoms with Gasteiger partial charge in [0.25, 0.3) is 5.56 Å². The van der Waals surface area contributed by atoms with Gasteiger partial charge in [0.05, 0.1) is 16.4 Å². The number of nitrogens with zero attached hydrogens (tertiary/aromatic N) is 1. The van der Waals surface area contributed by atoms with Crippen LogP contribution in [0.25, 0.3) is 10.9 Å². The van der Waals surface area contributed by atoms with Crippen LogP contribution >= 0.6 is 0 Å². The molecule has 4 nitrogen and oxygen atoms in total. The van der Waals surface area contributed by atoms with Gasteiger partial charge in [-0.05, 0) is 26.0 Å². The number of H-pyrrole nitrogens is 1. The van der Waals surface area contributed by atoms with E-state index >= 15 is 0 Å². The molecule has 15 heavy (non-hydrogen) atoms. The van der Waals surface area contributed by atoms with E-state index in [1.807, 2.05) is 12.1 Å². The number of hydrogen-bond acceptors (Lipinski definition) is 3. The van der Waals surface area contributed by atoms with Crippen molar-refractivity contribution in [2.45, 2.75) is 19.4 Å². The van der Waals surface area contributed by atoms with Gasteiger partial charge < -0.3 is 10.7 Å². The molecule has 0 atom stereocenters. The normalized spacial score (nSPS) is 11.9. The van der Waals surface area contributed by atoms with Crippen molar-refractivity contribution in [3.63, 3.8) is 0 Å². The quantitative estimate of drug-likeness (QED) is 0.729. The monoisotopic (exact) mass is 203 g/mol. The van der Waals surface area contributed by atoms with E-state index in [1.54, 1.807) is 26.0 Å². The number of nitrogens with one attached hydrogen (secondary N) is 1. The van der Waals surface area contributed by atoms with Crippen LogP contribution in [0.4, 0.5) is 0 Å². The summed E-state index contributed by atoms with van der Waals surface area (Å²) in [5, 5.41) is 0.588. The highest BCUT2D eigenvalue weighted by Crippen LogP contribution is 2.13. The van der Waals surface area contributed by atoms with Crippen molar-refractivity contribution < 1.29 is 0 Å². The van der Waals surface area contributed by atoms with Crippen LogP contribution in [0.15, 0.2) is 29.1 Å². The van der Waals surface area contributed by atoms with Crippen molar-refractivity contribution in [3.05, 3.63) is 40.4 Å². The van der Waals surface area contributed by atoms with Crippen LogP contribution < -0.4 is 11.3 Å². The Morgan fingerprint density at radius 1 is 1.33 bits per heavy atom. The third kappa shape index (κ3) is 1.76. The van der Waals surface area contributed by atoms with Crippen molar-refractivity contribution in [1.82, 2.24) is 9.97 Å². The standard InChI is InChI=1S/C11H13N3O/c1-11(2,12)10-13-8-6-4-3-5-7(8)9(15)14-10/h3-6H,12H2,1-2H3,(H,13,14,15). The third-order valence-electron chi connectivity index (χ3n) is 2.22. The molecule has 0 saturated heterocycles. The number of rotatable bonds is 1. The van der Waals surface area contributed by atoms with Gasteiger partial charge in [-0.25, -0.2) is 4.98 Å². The Morgan fingerprint density at radius 2 is 2.00 bits per heavy atom. The van der Waals surface area contributed by atoms with Gasteiger partial charge in [0.15, 0.2) is 0 Å². The van der Waals surface area contributed by atoms with Crippen LogP contribution in [0, 0.1) is 0 Å². The maximum atomic E-state index is 11.7. The zero-order valence-corrected chi connectivity index (χ0v) is 8.74. The second kappa shape index (κ2) is 3.17. The Bertz CT molecular complexity index is 551. The van der Waals surface area contributed by atoms with Crippen molar-refractivity contribution in [3.8, 4) is 0 Å². The smallest absolute Gasteiger partial charge is 0.258 e. The van der Waals surface area contributed by atoms with Crippen molar-refractivity contribution >= 4 is 10.9 Å². The molecule has 0 fully saturated rings. The summed E-state index contributed by atoms with van der Waals surface area (Å²) in [5.41, 5.74) is 5.78. The summed E-state index contributed by atoms with van der Waals surface area (Å²) in [7, 11) is 0. The SMILES string of the molecule is CC(C)(N)c1nc2ccccc2c(=O)[nH]1. The van der Waals surface area contributed by atoms with Crippen LogP contribution in [0.3, 0.4) is 0 Å². The molecular weight excluding hydrogens is 190 g/mol. The first-order valence-corrected chi connectivity index (χ1v) is 4.77. The summed E-state index contributed by atoms with van der Waals surface area (Å²) in [5.74, 6) is 0.506. The number of hydrogen-bond donors (Lipinski definition) is 2. The number of aromatic amines is 1. The van der Waals surface area contributed by atoms with Crippen molar-refractivity contribution in [1.29, 1.82) is 0 Å². The van der Waals surface area contributed by atoms with E-state index in [2.05, 4.69) is 9.97 Å². The molecule has 0 amide bonds. The molecule has 0 aliphatic heterocycles. The van der Waals surface area contributed by atoms with Gasteiger partial charge in [0.1, 0.15) is 5.82 Å². The molecule has 0 spiro atoms. The molecule has 1 aromatic carbocycles. The molecule has 4 heteroatoms. The summed E-state index contributed by atoms with van der Waals surface area (Å²) in [4.78, 5) is 18.7. The fraction of sp³-hybridized carbons (Fsp3) is 0.273. The average Bonchev–Trinajstić information content (AvgIpc) is 2.16. The lowest BCUT2D eigenvalue weighted by molar-refractivity contribution is 0.515. The number of aromatic nitrogens is 2. The Morgan fingerprint density at radius 3 is 2.67 bits per heavy atom. The molecule has 2 aromatic rings. The van der Waals surface area contributed by atoms with Crippen molar-refractivity contribution in [2.24, 2.45) is 5.73 Å². The topological polar surface area (TPSA) is 71.8 Å². The second-order valence-electron chi connectivity index (χ2n) is 4.15. The maximum absolute atomic E-state index is 11.7. The molecule has 0 aliphatic carbocycles. The third-order valence-corrected chi connectivity index (χ3v) is 2.22. The summed E-state index contributed by atoms with van der Waals surface area (Å²) in [6.07, 6.45) is 0. The molecular formula is C11H13N3O. The van der Waals surface area contributed by atoms with E-state index in [1.165, 1.54) is 0 Å². The van der Waals surface area contributed by atoms with E-state index in [0.29, 0.717) is 16.7 Å². The van der Waals surface area contributed by atoms with Gasteiger partial charge in [-0.1, -0.05) is 12.1 Å².